The van der Waals surface area contributed by atoms with Crippen LogP contribution in [0.3, 0.4) is 0 Å². The second kappa shape index (κ2) is 5.86. The third-order valence-electron chi connectivity index (χ3n) is 3.32. The van der Waals surface area contributed by atoms with Gasteiger partial charge in [0.2, 0.25) is 0 Å². The minimum atomic E-state index is -1.42. The molecule has 6 heteroatoms. The van der Waals surface area contributed by atoms with Gasteiger partial charge in [-0.2, -0.15) is 0 Å². The maximum atomic E-state index is 11.3. The number of carboxylic acid groups (broad SMARTS) is 1. The van der Waals surface area contributed by atoms with Crippen LogP contribution in [-0.4, -0.2) is 41.4 Å². The molecule has 0 aromatic heterocycles. The largest absolute Gasteiger partial charge is 0.479 e. The molecule has 0 aliphatic heterocycles. The minimum absolute atomic E-state index is 0.0155. The van der Waals surface area contributed by atoms with E-state index in [1.54, 1.807) is 0 Å². The van der Waals surface area contributed by atoms with E-state index >= 15 is 0 Å². The van der Waals surface area contributed by atoms with Gasteiger partial charge in [0.05, 0.1) is 0 Å². The Kier molecular flexibility index (Phi) is 4.74. The van der Waals surface area contributed by atoms with Gasteiger partial charge in [0.25, 0.3) is 0 Å². The molecule has 1 aliphatic carbocycles. The van der Waals surface area contributed by atoms with E-state index in [4.69, 9.17) is 10.2 Å². The van der Waals surface area contributed by atoms with Crippen LogP contribution < -0.4 is 10.6 Å². The van der Waals surface area contributed by atoms with Crippen LogP contribution in [-0.2, 0) is 4.79 Å². The number of urea groups is 1. The van der Waals surface area contributed by atoms with Crippen LogP contribution in [0.25, 0.3) is 0 Å². The number of aliphatic hydroxyl groups is 1. The molecule has 1 aliphatic rings. The fourth-order valence-corrected chi connectivity index (χ4v) is 1.61. The molecule has 2 amide bonds. The van der Waals surface area contributed by atoms with Crippen LogP contribution in [0.4, 0.5) is 4.79 Å². The van der Waals surface area contributed by atoms with Gasteiger partial charge in [0.1, 0.15) is 0 Å². The predicted molar refractivity (Wildman–Crippen MR) is 61.6 cm³/mol. The first-order chi connectivity index (χ1) is 7.99. The summed E-state index contributed by atoms with van der Waals surface area (Å²) in [5.41, 5.74) is 0.290. The number of carbonyl (C=O) groups is 2. The zero-order valence-electron chi connectivity index (χ0n) is 10.0. The third-order valence-corrected chi connectivity index (χ3v) is 3.32. The molecule has 6 nitrogen and oxygen atoms in total. The molecule has 0 unspecified atom stereocenters. The van der Waals surface area contributed by atoms with Gasteiger partial charge in [-0.1, -0.05) is 6.92 Å². The maximum Gasteiger partial charge on any atom is 0.332 e. The van der Waals surface area contributed by atoms with Crippen LogP contribution in [0.15, 0.2) is 0 Å². The van der Waals surface area contributed by atoms with Crippen molar-refractivity contribution in [2.75, 3.05) is 13.1 Å². The van der Waals surface area contributed by atoms with Gasteiger partial charge in [0, 0.05) is 19.5 Å². The second-order valence-electron chi connectivity index (χ2n) is 4.61. The minimum Gasteiger partial charge on any atom is -0.479 e. The average Bonchev–Trinajstić information content (AvgIpc) is 3.07. The molecule has 98 valence electrons. The van der Waals surface area contributed by atoms with Gasteiger partial charge in [-0.25, -0.2) is 9.59 Å². The summed E-state index contributed by atoms with van der Waals surface area (Å²) < 4.78 is 0. The Morgan fingerprint density at radius 3 is 2.47 bits per heavy atom. The summed E-state index contributed by atoms with van der Waals surface area (Å²) in [5.74, 6) is -1.27. The molecule has 0 bridgehead atoms. The number of nitrogens with one attached hydrogen (secondary N) is 2. The number of hydrogen-bond acceptors (Lipinski definition) is 3. The van der Waals surface area contributed by atoms with Crippen molar-refractivity contribution in [3.05, 3.63) is 0 Å². The normalized spacial score (nSPS) is 18.2. The third kappa shape index (κ3) is 4.60. The quantitative estimate of drug-likeness (QED) is 0.518. The Bertz CT molecular complexity index is 289. The van der Waals surface area contributed by atoms with Crippen LogP contribution >= 0.6 is 0 Å². The molecule has 0 heterocycles. The van der Waals surface area contributed by atoms with Crippen molar-refractivity contribution >= 4 is 12.0 Å². The van der Waals surface area contributed by atoms with Gasteiger partial charge in [-0.15, -0.1) is 0 Å². The van der Waals surface area contributed by atoms with Gasteiger partial charge in [-0.3, -0.25) is 0 Å². The van der Waals surface area contributed by atoms with E-state index in [0.29, 0.717) is 6.54 Å². The van der Waals surface area contributed by atoms with E-state index in [-0.39, 0.29) is 24.4 Å². The lowest BCUT2D eigenvalue weighted by Gasteiger charge is -2.14. The number of hydrogen-bond donors (Lipinski definition) is 4. The van der Waals surface area contributed by atoms with Gasteiger partial charge < -0.3 is 20.8 Å². The summed E-state index contributed by atoms with van der Waals surface area (Å²) in [6.07, 6.45) is 1.97. The molecule has 1 fully saturated rings. The van der Waals surface area contributed by atoms with Gasteiger partial charge in [-0.05, 0) is 24.7 Å². The smallest absolute Gasteiger partial charge is 0.332 e. The Labute approximate surface area is 100 Å². The second-order valence-corrected chi connectivity index (χ2v) is 4.61. The zero-order valence-corrected chi connectivity index (χ0v) is 10.0. The number of aliphatic carboxylic acids is 1. The lowest BCUT2D eigenvalue weighted by Crippen LogP contribution is -2.40. The van der Waals surface area contributed by atoms with Crippen molar-refractivity contribution in [2.24, 2.45) is 5.41 Å². The van der Waals surface area contributed by atoms with Crippen molar-refractivity contribution in [3.63, 3.8) is 0 Å². The van der Waals surface area contributed by atoms with Crippen LogP contribution in [0.1, 0.15) is 32.6 Å². The standard InChI is InChI=1S/C11H20N2O4/c1-2-11(4-5-11)7-13-10(17)12-6-3-8(14)9(15)16/h8,14H,2-7H2,1H3,(H,15,16)(H2,12,13,17)/t8-/m0/s1. The molecule has 0 saturated heterocycles. The van der Waals surface area contributed by atoms with Gasteiger partial charge >= 0.3 is 12.0 Å². The highest BCUT2D eigenvalue weighted by atomic mass is 16.4. The molecule has 1 rings (SSSR count). The molecule has 0 aromatic carbocycles. The molecule has 4 N–H and O–H groups in total. The average molecular weight is 244 g/mol. The molecular formula is C11H20N2O4. The first-order valence-corrected chi connectivity index (χ1v) is 5.92. The van der Waals surface area contributed by atoms with E-state index in [2.05, 4.69) is 17.6 Å². The fourth-order valence-electron chi connectivity index (χ4n) is 1.61. The van der Waals surface area contributed by atoms with Crippen molar-refractivity contribution in [2.45, 2.75) is 38.7 Å². The highest BCUT2D eigenvalue weighted by Crippen LogP contribution is 2.47. The Balaban J connectivity index is 2.07. The molecule has 0 aromatic rings. The summed E-state index contributed by atoms with van der Waals surface area (Å²) >= 11 is 0. The first-order valence-electron chi connectivity index (χ1n) is 5.92. The van der Waals surface area contributed by atoms with Gasteiger partial charge in [0.15, 0.2) is 6.10 Å². The van der Waals surface area contributed by atoms with Crippen LogP contribution in [0.5, 0.6) is 0 Å². The monoisotopic (exact) mass is 244 g/mol. The van der Waals surface area contributed by atoms with Crippen LogP contribution in [0.2, 0.25) is 0 Å². The van der Waals surface area contributed by atoms with Crippen molar-refractivity contribution in [1.82, 2.24) is 10.6 Å². The predicted octanol–water partition coefficient (Wildman–Crippen LogP) is 0.311. The van der Waals surface area contributed by atoms with Crippen LogP contribution in [0, 0.1) is 5.41 Å². The molecule has 1 atom stereocenters. The van der Waals surface area contributed by atoms with Crippen molar-refractivity contribution in [3.8, 4) is 0 Å². The number of rotatable bonds is 7. The van der Waals surface area contributed by atoms with E-state index in [1.165, 1.54) is 0 Å². The van der Waals surface area contributed by atoms with E-state index in [9.17, 15) is 9.59 Å². The molecular weight excluding hydrogens is 224 g/mol. The Morgan fingerprint density at radius 1 is 1.35 bits per heavy atom. The molecule has 0 spiro atoms. The molecule has 17 heavy (non-hydrogen) atoms. The fraction of sp³-hybridized carbons (Fsp3) is 0.818. The number of aliphatic hydroxyl groups excluding tert-OH is 1. The lowest BCUT2D eigenvalue weighted by molar-refractivity contribution is -0.146. The number of carboxylic acids is 1. The van der Waals surface area contributed by atoms with E-state index in [0.717, 1.165) is 19.3 Å². The van der Waals surface area contributed by atoms with E-state index < -0.39 is 12.1 Å². The maximum absolute atomic E-state index is 11.3. The Hall–Kier alpha value is -1.30. The highest BCUT2D eigenvalue weighted by Gasteiger charge is 2.40. The summed E-state index contributed by atoms with van der Waals surface area (Å²) in [4.78, 5) is 21.6. The van der Waals surface area contributed by atoms with E-state index in [1.807, 2.05) is 0 Å². The highest BCUT2D eigenvalue weighted by molar-refractivity contribution is 5.74. The lowest BCUT2D eigenvalue weighted by atomic mass is 10.0. The molecule has 1 saturated carbocycles. The SMILES string of the molecule is CCC1(CNC(=O)NCC[C@H](O)C(=O)O)CC1. The summed E-state index contributed by atoms with van der Waals surface area (Å²) in [6.45, 7) is 2.92. The number of amides is 2. The molecule has 0 radical (unpaired) electrons. The summed E-state index contributed by atoms with van der Waals surface area (Å²) in [6, 6.07) is -0.303. The topological polar surface area (TPSA) is 98.7 Å². The zero-order chi connectivity index (χ0) is 12.9. The Morgan fingerprint density at radius 2 is 2.00 bits per heavy atom. The van der Waals surface area contributed by atoms with Crippen molar-refractivity contribution < 1.29 is 19.8 Å². The summed E-state index contributed by atoms with van der Waals surface area (Å²) in [7, 11) is 0. The summed E-state index contributed by atoms with van der Waals surface area (Å²) in [5, 5.41) is 22.7. The number of carbonyl (C=O) groups excluding carboxylic acids is 1. The van der Waals surface area contributed by atoms with Crippen molar-refractivity contribution in [1.29, 1.82) is 0 Å². The first kappa shape index (κ1) is 13.8.